The molecule has 0 bridgehead atoms. The third-order valence-corrected chi connectivity index (χ3v) is 5.59. The first kappa shape index (κ1) is 22.3. The number of pyridine rings is 1. The minimum Gasteiger partial charge on any atom is -0.393 e. The van der Waals surface area contributed by atoms with Crippen LogP contribution in [-0.4, -0.2) is 50.5 Å². The summed E-state index contributed by atoms with van der Waals surface area (Å²) in [4.78, 5) is 25.5. The third kappa shape index (κ3) is 4.50. The van der Waals surface area contributed by atoms with E-state index in [0.717, 1.165) is 12.1 Å². The zero-order chi connectivity index (χ0) is 23.1. The van der Waals surface area contributed by atoms with Crippen molar-refractivity contribution in [2.45, 2.75) is 24.6 Å². The Balaban J connectivity index is 1.76. The minimum absolute atomic E-state index is 0.00679. The number of nitrogens with one attached hydrogen (secondary N) is 2. The first-order valence-corrected chi connectivity index (χ1v) is 10.1. The summed E-state index contributed by atoms with van der Waals surface area (Å²) in [6, 6.07) is 4.53. The van der Waals surface area contributed by atoms with Crippen LogP contribution in [0.2, 0.25) is 5.02 Å². The number of H-pyrrole nitrogens is 1. The highest BCUT2D eigenvalue weighted by atomic mass is 35.5. The molecule has 8 nitrogen and oxygen atoms in total. The van der Waals surface area contributed by atoms with E-state index in [2.05, 4.69) is 20.3 Å². The number of benzene rings is 1. The number of fused-ring (bicyclic) bond motifs is 1. The zero-order valence-corrected chi connectivity index (χ0v) is 17.3. The first-order valence-electron chi connectivity index (χ1n) is 9.70. The average molecular weight is 470 g/mol. The quantitative estimate of drug-likeness (QED) is 0.464. The van der Waals surface area contributed by atoms with Crippen LogP contribution in [0.25, 0.3) is 10.9 Å². The van der Waals surface area contributed by atoms with Crippen molar-refractivity contribution in [3.05, 3.63) is 51.4 Å². The summed E-state index contributed by atoms with van der Waals surface area (Å²) in [5.41, 5.74) is -2.34. The lowest BCUT2D eigenvalue weighted by molar-refractivity contribution is -0.137. The molecular formula is C20H19ClF3N5O3. The van der Waals surface area contributed by atoms with Crippen LogP contribution in [0.4, 0.5) is 30.6 Å². The normalized spacial score (nSPS) is 16.4. The Morgan fingerprint density at radius 2 is 1.94 bits per heavy atom. The van der Waals surface area contributed by atoms with Gasteiger partial charge in [-0.1, -0.05) is 11.6 Å². The number of hydrogen-bond acceptors (Lipinski definition) is 7. The van der Waals surface area contributed by atoms with Gasteiger partial charge in [0.2, 0.25) is 5.95 Å². The number of hydrogen-bond donors (Lipinski definition) is 4. The summed E-state index contributed by atoms with van der Waals surface area (Å²) >= 11 is 5.87. The van der Waals surface area contributed by atoms with Gasteiger partial charge >= 0.3 is 6.18 Å². The van der Waals surface area contributed by atoms with E-state index >= 15 is 0 Å². The van der Waals surface area contributed by atoms with E-state index in [1.807, 2.05) is 0 Å². The molecule has 32 heavy (non-hydrogen) atoms. The summed E-state index contributed by atoms with van der Waals surface area (Å²) in [7, 11) is 0. The maximum Gasteiger partial charge on any atom is 0.416 e. The number of anilines is 3. The summed E-state index contributed by atoms with van der Waals surface area (Å²) in [6.45, 7) is 0.332. The molecule has 0 amide bonds. The number of halogens is 4. The average Bonchev–Trinajstić information content (AvgIpc) is 2.73. The molecule has 12 heteroatoms. The number of aromatic amines is 1. The van der Waals surface area contributed by atoms with Gasteiger partial charge in [-0.25, -0.2) is 4.98 Å². The molecule has 0 spiro atoms. The van der Waals surface area contributed by atoms with E-state index in [-0.39, 0.29) is 47.3 Å². The van der Waals surface area contributed by atoms with Crippen molar-refractivity contribution in [3.63, 3.8) is 0 Å². The van der Waals surface area contributed by atoms with Crippen LogP contribution in [0.5, 0.6) is 0 Å². The number of aliphatic hydroxyl groups excluding tert-OH is 1. The molecule has 1 aromatic carbocycles. The lowest BCUT2D eigenvalue weighted by atomic mass is 9.93. The Morgan fingerprint density at radius 1 is 1.22 bits per heavy atom. The number of rotatable bonds is 4. The van der Waals surface area contributed by atoms with Gasteiger partial charge in [0.15, 0.2) is 0 Å². The number of aromatic nitrogens is 3. The Bertz CT molecular complexity index is 1210. The van der Waals surface area contributed by atoms with E-state index in [4.69, 9.17) is 11.6 Å². The van der Waals surface area contributed by atoms with E-state index in [1.165, 1.54) is 12.3 Å². The van der Waals surface area contributed by atoms with Gasteiger partial charge in [-0.2, -0.15) is 18.2 Å². The van der Waals surface area contributed by atoms with Crippen LogP contribution in [0, 0.1) is 0 Å². The van der Waals surface area contributed by atoms with E-state index < -0.39 is 22.9 Å². The smallest absolute Gasteiger partial charge is 0.393 e. The highest BCUT2D eigenvalue weighted by Gasteiger charge is 2.33. The van der Waals surface area contributed by atoms with Crippen LogP contribution in [0.1, 0.15) is 18.4 Å². The molecule has 0 atom stereocenters. The van der Waals surface area contributed by atoms with Crippen LogP contribution >= 0.6 is 11.6 Å². The summed E-state index contributed by atoms with van der Waals surface area (Å²) < 4.78 is 39.6. The second-order valence-electron chi connectivity index (χ2n) is 7.66. The van der Waals surface area contributed by atoms with E-state index in [1.54, 1.807) is 11.0 Å². The molecule has 1 fully saturated rings. The van der Waals surface area contributed by atoms with Crippen LogP contribution in [-0.2, 0) is 6.18 Å². The van der Waals surface area contributed by atoms with Crippen molar-refractivity contribution in [1.82, 2.24) is 15.0 Å². The predicted octanol–water partition coefficient (Wildman–Crippen LogP) is 3.06. The van der Waals surface area contributed by atoms with Gasteiger partial charge in [0.1, 0.15) is 11.2 Å². The predicted molar refractivity (Wildman–Crippen MR) is 113 cm³/mol. The maximum atomic E-state index is 13.2. The molecule has 4 rings (SSSR count). The Kier molecular flexibility index (Phi) is 5.74. The lowest BCUT2D eigenvalue weighted by Gasteiger charge is -2.37. The summed E-state index contributed by atoms with van der Waals surface area (Å²) in [6.07, 6.45) is -2.62. The highest BCUT2D eigenvalue weighted by molar-refractivity contribution is 6.31. The van der Waals surface area contributed by atoms with Gasteiger partial charge in [-0.05, 0) is 37.1 Å². The van der Waals surface area contributed by atoms with Crippen molar-refractivity contribution in [3.8, 4) is 0 Å². The fraction of sp³-hybridized carbons (Fsp3) is 0.350. The number of piperidine rings is 1. The molecule has 0 unspecified atom stereocenters. The monoisotopic (exact) mass is 469 g/mol. The van der Waals surface area contributed by atoms with Crippen LogP contribution in [0.15, 0.2) is 35.3 Å². The number of nitrogens with zero attached hydrogens (tertiary/aromatic N) is 3. The molecule has 1 aliphatic heterocycles. The second kappa shape index (κ2) is 8.23. The topological polar surface area (TPSA) is 114 Å². The summed E-state index contributed by atoms with van der Waals surface area (Å²) in [5.74, 6) is 0.258. The molecule has 1 aliphatic rings. The molecule has 1 saturated heterocycles. The van der Waals surface area contributed by atoms with Crippen molar-refractivity contribution >= 4 is 40.0 Å². The van der Waals surface area contributed by atoms with Crippen molar-refractivity contribution in [2.75, 3.05) is 29.9 Å². The van der Waals surface area contributed by atoms with E-state index in [9.17, 15) is 28.2 Å². The second-order valence-corrected chi connectivity index (χ2v) is 8.10. The largest absolute Gasteiger partial charge is 0.416 e. The minimum atomic E-state index is -4.60. The van der Waals surface area contributed by atoms with Crippen molar-refractivity contribution < 1.29 is 23.4 Å². The standard InChI is InChI=1S/C20H19ClF3N5O3/c21-12-7-11(20(22,23)24)8-13(9-12)26-16-15-14(1-4-25-17(15)31)27-18(28-16)29-5-2-19(32,10-30)3-6-29/h1,4,7-9,30,32H,2-3,5-6,10H2,(H,25,31)(H,26,27,28). The molecule has 0 radical (unpaired) electrons. The fourth-order valence-electron chi connectivity index (χ4n) is 3.55. The molecule has 0 saturated carbocycles. The third-order valence-electron chi connectivity index (χ3n) is 5.37. The molecule has 2 aromatic heterocycles. The Labute approximate surface area is 184 Å². The van der Waals surface area contributed by atoms with Crippen molar-refractivity contribution in [2.24, 2.45) is 0 Å². The zero-order valence-electron chi connectivity index (χ0n) is 16.6. The van der Waals surface area contributed by atoms with Gasteiger partial charge in [-0.3, -0.25) is 4.79 Å². The molecule has 4 N–H and O–H groups in total. The van der Waals surface area contributed by atoms with Crippen LogP contribution in [0.3, 0.4) is 0 Å². The van der Waals surface area contributed by atoms with Gasteiger partial charge in [0.05, 0.1) is 23.3 Å². The van der Waals surface area contributed by atoms with Gasteiger partial charge in [0, 0.05) is 30.0 Å². The first-order chi connectivity index (χ1) is 15.1. The summed E-state index contributed by atoms with van der Waals surface area (Å²) in [5, 5.41) is 22.3. The molecular weight excluding hydrogens is 451 g/mol. The Hall–Kier alpha value is -2.89. The van der Waals surface area contributed by atoms with Crippen LogP contribution < -0.4 is 15.8 Å². The van der Waals surface area contributed by atoms with Gasteiger partial charge in [-0.15, -0.1) is 0 Å². The van der Waals surface area contributed by atoms with Gasteiger partial charge in [0.25, 0.3) is 5.56 Å². The number of aliphatic hydroxyl groups is 2. The molecule has 3 heterocycles. The SMILES string of the molecule is O=c1[nH]ccc2nc(N3CCC(O)(CO)CC3)nc(Nc3cc(Cl)cc(C(F)(F)F)c3)c12. The molecule has 0 aliphatic carbocycles. The van der Waals surface area contributed by atoms with Crippen molar-refractivity contribution in [1.29, 1.82) is 0 Å². The van der Waals surface area contributed by atoms with Gasteiger partial charge < -0.3 is 25.4 Å². The lowest BCUT2D eigenvalue weighted by Crippen LogP contribution is -2.47. The maximum absolute atomic E-state index is 13.2. The molecule has 170 valence electrons. The van der Waals surface area contributed by atoms with E-state index in [0.29, 0.717) is 18.6 Å². The highest BCUT2D eigenvalue weighted by Crippen LogP contribution is 2.35. The number of alkyl halides is 3. The Morgan fingerprint density at radius 3 is 2.59 bits per heavy atom. The fourth-order valence-corrected chi connectivity index (χ4v) is 3.79. The molecule has 3 aromatic rings.